The zero-order valence-corrected chi connectivity index (χ0v) is 24.4. The summed E-state index contributed by atoms with van der Waals surface area (Å²) in [7, 11) is 1.35. The van der Waals surface area contributed by atoms with Gasteiger partial charge in [-0.25, -0.2) is 0 Å². The van der Waals surface area contributed by atoms with E-state index in [1.54, 1.807) is 11.8 Å². The highest BCUT2D eigenvalue weighted by Gasteiger charge is 2.52. The lowest BCUT2D eigenvalue weighted by atomic mass is 9.75. The number of tetrazole rings is 1. The molecule has 0 amide bonds. The Hall–Kier alpha value is -4.14. The van der Waals surface area contributed by atoms with E-state index in [0.717, 1.165) is 21.8 Å². The van der Waals surface area contributed by atoms with Gasteiger partial charge in [0.05, 0.1) is 31.0 Å². The smallest absolute Gasteiger partial charge is 0.416 e. The molecule has 1 aliphatic heterocycles. The van der Waals surface area contributed by atoms with Crippen LogP contribution in [-0.2, 0) is 24.6 Å². The van der Waals surface area contributed by atoms with Gasteiger partial charge in [-0.1, -0.05) is 24.2 Å². The molecule has 1 N–H and O–H groups in total. The average Bonchev–Trinajstić information content (AvgIpc) is 3.36. The van der Waals surface area contributed by atoms with E-state index in [9.17, 15) is 49.4 Å². The first-order chi connectivity index (χ1) is 21.3. The lowest BCUT2D eigenvalue weighted by molar-refractivity contribution is -0.166. The number of anilines is 1. The Kier molecular flexibility index (Phi) is 9.49. The quantitative estimate of drug-likeness (QED) is 0.309. The SMILES string of the molecule is CCC(c1ccc(C(F)(F)F)cc1CN(CC1=CC(C(F)(F)F)CC(C(F)(F)F)=C1)c1nnn(C)n1)N1CC(CC#N)(C(=O)O)C1. The molecule has 1 aromatic heterocycles. The van der Waals surface area contributed by atoms with Crippen molar-refractivity contribution in [1.29, 1.82) is 5.26 Å². The Morgan fingerprint density at radius 2 is 1.80 bits per heavy atom. The Balaban J connectivity index is 1.77. The van der Waals surface area contributed by atoms with Gasteiger partial charge >= 0.3 is 24.5 Å². The lowest BCUT2D eigenvalue weighted by Crippen LogP contribution is -2.61. The number of aliphatic carboxylic acids is 1. The Morgan fingerprint density at radius 3 is 2.30 bits per heavy atom. The summed E-state index contributed by atoms with van der Waals surface area (Å²) < 4.78 is 123. The summed E-state index contributed by atoms with van der Waals surface area (Å²) in [5.41, 5.74) is -3.92. The van der Waals surface area contributed by atoms with Gasteiger partial charge in [0.2, 0.25) is 0 Å². The standard InChI is InChI=1S/C28H28F9N7O2/c1-3-22(44-14-25(15-44,6-7-38)23(45)46)21-5-4-18(26(29,30)31)10-17(21)13-43(24-39-41-42(2)40-24)12-16-8-19(27(32,33)34)11-20(9-16)28(35,36)37/h4-5,8-10,19,22H,3,6,11-15H2,1-2H3,(H,45,46). The third kappa shape index (κ3) is 7.45. The molecule has 9 nitrogen and oxygen atoms in total. The van der Waals surface area contributed by atoms with Crippen LogP contribution >= 0.6 is 0 Å². The van der Waals surface area contributed by atoms with Crippen LogP contribution in [0.5, 0.6) is 0 Å². The van der Waals surface area contributed by atoms with E-state index in [1.807, 2.05) is 6.07 Å². The van der Waals surface area contributed by atoms with Gasteiger partial charge in [0.15, 0.2) is 0 Å². The van der Waals surface area contributed by atoms with Crippen molar-refractivity contribution < 1.29 is 49.4 Å². The van der Waals surface area contributed by atoms with E-state index in [2.05, 4.69) is 15.4 Å². The van der Waals surface area contributed by atoms with Gasteiger partial charge < -0.3 is 10.0 Å². The van der Waals surface area contributed by atoms with Gasteiger partial charge in [0.1, 0.15) is 5.41 Å². The minimum absolute atomic E-state index is 0.00559. The van der Waals surface area contributed by atoms with Crippen LogP contribution in [0.25, 0.3) is 0 Å². The summed E-state index contributed by atoms with van der Waals surface area (Å²) in [5, 5.41) is 30.3. The maximum absolute atomic E-state index is 13.9. The first-order valence-electron chi connectivity index (χ1n) is 13.9. The number of allylic oxidation sites excluding steroid dienone is 2. The van der Waals surface area contributed by atoms with Crippen LogP contribution in [0.1, 0.15) is 48.9 Å². The molecule has 1 aromatic carbocycles. The van der Waals surface area contributed by atoms with Crippen LogP contribution < -0.4 is 4.90 Å². The molecule has 2 unspecified atom stereocenters. The summed E-state index contributed by atoms with van der Waals surface area (Å²) in [5.74, 6) is -3.92. The van der Waals surface area contributed by atoms with E-state index < -0.39 is 78.1 Å². The maximum Gasteiger partial charge on any atom is 0.416 e. The molecule has 46 heavy (non-hydrogen) atoms. The molecule has 2 aromatic rings. The van der Waals surface area contributed by atoms with E-state index in [1.165, 1.54) is 13.1 Å². The zero-order chi connectivity index (χ0) is 34.2. The third-order valence-corrected chi connectivity index (χ3v) is 8.05. The highest BCUT2D eigenvalue weighted by atomic mass is 19.4. The number of carbonyl (C=O) groups is 1. The van der Waals surface area contributed by atoms with Crippen molar-refractivity contribution >= 4 is 11.9 Å². The number of carboxylic acids is 1. The Morgan fingerprint density at radius 1 is 1.13 bits per heavy atom. The maximum atomic E-state index is 13.9. The van der Waals surface area contributed by atoms with E-state index >= 15 is 0 Å². The summed E-state index contributed by atoms with van der Waals surface area (Å²) in [6.07, 6.45) is -15.0. The number of rotatable bonds is 10. The number of likely N-dealkylation sites (tertiary alicyclic amines) is 1. The highest BCUT2D eigenvalue weighted by Crippen LogP contribution is 2.44. The topological polar surface area (TPSA) is 111 Å². The molecule has 18 heteroatoms. The molecule has 1 saturated heterocycles. The third-order valence-electron chi connectivity index (χ3n) is 8.05. The monoisotopic (exact) mass is 665 g/mol. The second kappa shape index (κ2) is 12.6. The van der Waals surface area contributed by atoms with Crippen molar-refractivity contribution in [3.05, 3.63) is 58.2 Å². The first-order valence-corrected chi connectivity index (χ1v) is 13.9. The molecule has 1 fully saturated rings. The second-order valence-electron chi connectivity index (χ2n) is 11.4. The number of nitriles is 1. The predicted octanol–water partition coefficient (Wildman–Crippen LogP) is 5.98. The van der Waals surface area contributed by atoms with Crippen LogP contribution in [0.2, 0.25) is 0 Å². The van der Waals surface area contributed by atoms with Crippen LogP contribution in [0, 0.1) is 22.7 Å². The summed E-state index contributed by atoms with van der Waals surface area (Å²) in [6.45, 7) is 0.452. The molecule has 0 radical (unpaired) electrons. The van der Waals surface area contributed by atoms with Gasteiger partial charge in [-0.05, 0) is 53.0 Å². The van der Waals surface area contributed by atoms with E-state index in [-0.39, 0.29) is 31.0 Å². The second-order valence-corrected chi connectivity index (χ2v) is 11.4. The van der Waals surface area contributed by atoms with Crippen LogP contribution in [0.3, 0.4) is 0 Å². The number of hydrogen-bond donors (Lipinski definition) is 1. The average molecular weight is 666 g/mol. The van der Waals surface area contributed by atoms with Gasteiger partial charge in [0.25, 0.3) is 5.95 Å². The summed E-state index contributed by atoms with van der Waals surface area (Å²) >= 11 is 0. The van der Waals surface area contributed by atoms with Crippen molar-refractivity contribution in [1.82, 2.24) is 25.1 Å². The number of carboxylic acid groups (broad SMARTS) is 1. The molecule has 0 bridgehead atoms. The normalized spacial score (nSPS) is 19.5. The molecule has 2 aliphatic rings. The van der Waals surface area contributed by atoms with E-state index in [0.29, 0.717) is 24.1 Å². The van der Waals surface area contributed by atoms with Gasteiger partial charge in [-0.2, -0.15) is 49.6 Å². The molecular weight excluding hydrogens is 637 g/mol. The van der Waals surface area contributed by atoms with Crippen LogP contribution in [0.15, 0.2) is 41.5 Å². The zero-order valence-electron chi connectivity index (χ0n) is 24.4. The number of alkyl halides is 9. The van der Waals surface area contributed by atoms with Crippen molar-refractivity contribution in [3.63, 3.8) is 0 Å². The molecule has 0 spiro atoms. The number of nitrogens with zero attached hydrogens (tertiary/aromatic N) is 7. The summed E-state index contributed by atoms with van der Waals surface area (Å²) in [6, 6.07) is 4.07. The fourth-order valence-electron chi connectivity index (χ4n) is 5.76. The predicted molar refractivity (Wildman–Crippen MR) is 143 cm³/mol. The van der Waals surface area contributed by atoms with Crippen molar-refractivity contribution in [2.75, 3.05) is 24.5 Å². The number of hydrogen-bond acceptors (Lipinski definition) is 7. The highest BCUT2D eigenvalue weighted by molar-refractivity contribution is 5.77. The number of aromatic nitrogens is 4. The van der Waals surface area contributed by atoms with Gasteiger partial charge in [-0.15, -0.1) is 5.10 Å². The Bertz CT molecular complexity index is 1550. The largest absolute Gasteiger partial charge is 0.481 e. The number of aryl methyl sites for hydroxylation is 1. The van der Waals surface area contributed by atoms with Crippen molar-refractivity contribution in [2.45, 2.75) is 57.3 Å². The van der Waals surface area contributed by atoms with Gasteiger partial charge in [-0.3, -0.25) is 9.69 Å². The minimum Gasteiger partial charge on any atom is -0.481 e. The number of benzene rings is 1. The van der Waals surface area contributed by atoms with E-state index in [4.69, 9.17) is 5.26 Å². The lowest BCUT2D eigenvalue weighted by Gasteiger charge is -2.50. The molecule has 2 heterocycles. The van der Waals surface area contributed by atoms with Crippen molar-refractivity contribution in [3.8, 4) is 6.07 Å². The molecule has 1 aliphatic carbocycles. The molecule has 2 atom stereocenters. The number of halogens is 9. The Labute approximate surface area is 256 Å². The van der Waals surface area contributed by atoms with Crippen LogP contribution in [-0.4, -0.2) is 68.2 Å². The van der Waals surface area contributed by atoms with Crippen molar-refractivity contribution in [2.24, 2.45) is 18.4 Å². The molecule has 4 rings (SSSR count). The fraction of sp³-hybridized carbons (Fsp3) is 0.536. The fourth-order valence-corrected chi connectivity index (χ4v) is 5.76. The molecule has 250 valence electrons. The minimum atomic E-state index is -5.06. The molecular formula is C28H28F9N7O2. The first kappa shape index (κ1) is 34.7. The van der Waals surface area contributed by atoms with Gasteiger partial charge in [0, 0.05) is 37.8 Å². The molecule has 0 saturated carbocycles. The van der Waals surface area contributed by atoms with Crippen LogP contribution in [0.4, 0.5) is 45.5 Å². The summed E-state index contributed by atoms with van der Waals surface area (Å²) in [4.78, 5) is 15.7.